The van der Waals surface area contributed by atoms with E-state index in [-0.39, 0.29) is 5.91 Å². The predicted octanol–water partition coefficient (Wildman–Crippen LogP) is 2.33. The standard InChI is InChI=1S/C14H21ClN2O3S/c1-5-8-16-14(18)11(3)17(21(4,19)20)13-9-12(15)7-6-10(13)2/h6-7,9,11H,5,8H2,1-4H3,(H,16,18)/t11-/m0/s1. The van der Waals surface area contributed by atoms with E-state index in [2.05, 4.69) is 5.32 Å². The van der Waals surface area contributed by atoms with Gasteiger partial charge in [0, 0.05) is 11.6 Å². The summed E-state index contributed by atoms with van der Waals surface area (Å²) in [5.74, 6) is -0.332. The van der Waals surface area contributed by atoms with Gasteiger partial charge in [-0.15, -0.1) is 0 Å². The van der Waals surface area contributed by atoms with Crippen LogP contribution in [0, 0.1) is 6.92 Å². The van der Waals surface area contributed by atoms with Gasteiger partial charge in [-0.25, -0.2) is 8.42 Å². The summed E-state index contributed by atoms with van der Waals surface area (Å²) in [7, 11) is -3.61. The van der Waals surface area contributed by atoms with Crippen molar-refractivity contribution in [2.45, 2.75) is 33.2 Å². The third-order valence-electron chi connectivity index (χ3n) is 3.05. The molecule has 1 rings (SSSR count). The molecule has 1 amide bonds. The number of amides is 1. The summed E-state index contributed by atoms with van der Waals surface area (Å²) in [6.45, 7) is 5.78. The molecule has 0 saturated carbocycles. The molecule has 118 valence electrons. The quantitative estimate of drug-likeness (QED) is 0.869. The summed E-state index contributed by atoms with van der Waals surface area (Å²) in [4.78, 5) is 12.1. The predicted molar refractivity (Wildman–Crippen MR) is 86.3 cm³/mol. The fourth-order valence-electron chi connectivity index (χ4n) is 2.00. The Morgan fingerprint density at radius 2 is 2.05 bits per heavy atom. The zero-order valence-electron chi connectivity index (χ0n) is 12.7. The minimum atomic E-state index is -3.61. The first-order valence-corrected chi connectivity index (χ1v) is 8.94. The van der Waals surface area contributed by atoms with Gasteiger partial charge in [0.2, 0.25) is 15.9 Å². The van der Waals surface area contributed by atoms with Crippen molar-refractivity contribution in [1.82, 2.24) is 5.32 Å². The number of halogens is 1. The van der Waals surface area contributed by atoms with Crippen molar-refractivity contribution in [3.05, 3.63) is 28.8 Å². The molecule has 1 aromatic carbocycles. The fraction of sp³-hybridized carbons (Fsp3) is 0.500. The maximum atomic E-state index is 12.1. The molecule has 0 unspecified atom stereocenters. The Balaban J connectivity index is 3.24. The van der Waals surface area contributed by atoms with E-state index in [1.165, 1.54) is 0 Å². The van der Waals surface area contributed by atoms with Gasteiger partial charge in [-0.3, -0.25) is 9.10 Å². The van der Waals surface area contributed by atoms with Crippen LogP contribution >= 0.6 is 11.6 Å². The molecule has 1 atom stereocenters. The van der Waals surface area contributed by atoms with E-state index in [1.54, 1.807) is 32.0 Å². The van der Waals surface area contributed by atoms with Crippen LogP contribution in [-0.2, 0) is 14.8 Å². The lowest BCUT2D eigenvalue weighted by molar-refractivity contribution is -0.121. The van der Waals surface area contributed by atoms with Crippen molar-refractivity contribution < 1.29 is 13.2 Å². The highest BCUT2D eigenvalue weighted by molar-refractivity contribution is 7.92. The van der Waals surface area contributed by atoms with Crippen LogP contribution in [0.1, 0.15) is 25.8 Å². The molecule has 7 heteroatoms. The van der Waals surface area contributed by atoms with Crippen molar-refractivity contribution in [1.29, 1.82) is 0 Å². The number of benzene rings is 1. The second-order valence-electron chi connectivity index (χ2n) is 4.96. The molecule has 0 aliphatic heterocycles. The normalized spacial score (nSPS) is 12.8. The molecule has 1 N–H and O–H groups in total. The van der Waals surface area contributed by atoms with E-state index in [1.807, 2.05) is 6.92 Å². The Morgan fingerprint density at radius 1 is 1.43 bits per heavy atom. The van der Waals surface area contributed by atoms with E-state index in [0.29, 0.717) is 17.3 Å². The van der Waals surface area contributed by atoms with Gasteiger partial charge in [0.1, 0.15) is 6.04 Å². The molecular formula is C14H21ClN2O3S. The Kier molecular flexibility index (Phi) is 6.04. The minimum absolute atomic E-state index is 0.332. The highest BCUT2D eigenvalue weighted by Gasteiger charge is 2.29. The molecule has 0 heterocycles. The van der Waals surface area contributed by atoms with Gasteiger partial charge < -0.3 is 5.32 Å². The highest BCUT2D eigenvalue weighted by atomic mass is 35.5. The largest absolute Gasteiger partial charge is 0.354 e. The van der Waals surface area contributed by atoms with Gasteiger partial charge in [0.05, 0.1) is 11.9 Å². The van der Waals surface area contributed by atoms with E-state index in [4.69, 9.17) is 11.6 Å². The second-order valence-corrected chi connectivity index (χ2v) is 7.25. The number of sulfonamides is 1. The van der Waals surface area contributed by atoms with Gasteiger partial charge in [0.15, 0.2) is 0 Å². The summed E-state index contributed by atoms with van der Waals surface area (Å²) in [6, 6.07) is 4.13. The number of rotatable bonds is 6. The lowest BCUT2D eigenvalue weighted by Gasteiger charge is -2.29. The van der Waals surface area contributed by atoms with Gasteiger partial charge in [0.25, 0.3) is 0 Å². The van der Waals surface area contributed by atoms with E-state index < -0.39 is 16.1 Å². The molecule has 0 fully saturated rings. The summed E-state index contributed by atoms with van der Waals surface area (Å²) in [6.07, 6.45) is 1.87. The summed E-state index contributed by atoms with van der Waals surface area (Å²) < 4.78 is 25.3. The Hall–Kier alpha value is -1.27. The maximum absolute atomic E-state index is 12.1. The molecule has 1 aromatic rings. The number of anilines is 1. The van der Waals surface area contributed by atoms with Gasteiger partial charge in [-0.05, 0) is 38.0 Å². The average Bonchev–Trinajstić information content (AvgIpc) is 2.38. The van der Waals surface area contributed by atoms with E-state index in [0.717, 1.165) is 22.5 Å². The second kappa shape index (κ2) is 7.13. The SMILES string of the molecule is CCCNC(=O)[C@H](C)N(c1cc(Cl)ccc1C)S(C)(=O)=O. The topological polar surface area (TPSA) is 66.5 Å². The molecule has 0 aliphatic carbocycles. The Labute approximate surface area is 131 Å². The van der Waals surface area contributed by atoms with Crippen molar-refractivity contribution in [2.24, 2.45) is 0 Å². The molecular weight excluding hydrogens is 312 g/mol. The third kappa shape index (κ3) is 4.61. The molecule has 0 radical (unpaired) electrons. The van der Waals surface area contributed by atoms with Crippen molar-refractivity contribution in [3.63, 3.8) is 0 Å². The average molecular weight is 333 g/mol. The minimum Gasteiger partial charge on any atom is -0.354 e. The van der Waals surface area contributed by atoms with Crippen LogP contribution in [0.15, 0.2) is 18.2 Å². The summed E-state index contributed by atoms with van der Waals surface area (Å²) in [5, 5.41) is 3.13. The zero-order valence-corrected chi connectivity index (χ0v) is 14.3. The van der Waals surface area contributed by atoms with Gasteiger partial charge >= 0.3 is 0 Å². The van der Waals surface area contributed by atoms with Crippen molar-refractivity contribution in [2.75, 3.05) is 17.1 Å². The van der Waals surface area contributed by atoms with Crippen LogP contribution in [0.25, 0.3) is 0 Å². The van der Waals surface area contributed by atoms with Crippen LogP contribution in [0.3, 0.4) is 0 Å². The molecule has 0 spiro atoms. The van der Waals surface area contributed by atoms with Crippen LogP contribution in [0.4, 0.5) is 5.69 Å². The van der Waals surface area contributed by atoms with Crippen LogP contribution in [0.5, 0.6) is 0 Å². The number of nitrogens with one attached hydrogen (secondary N) is 1. The molecule has 21 heavy (non-hydrogen) atoms. The molecule has 0 aromatic heterocycles. The van der Waals surface area contributed by atoms with E-state index >= 15 is 0 Å². The molecule has 5 nitrogen and oxygen atoms in total. The number of hydrogen-bond acceptors (Lipinski definition) is 3. The monoisotopic (exact) mass is 332 g/mol. The Bertz CT molecular complexity index is 617. The third-order valence-corrected chi connectivity index (χ3v) is 4.51. The molecule has 0 saturated heterocycles. The Morgan fingerprint density at radius 3 is 2.57 bits per heavy atom. The number of carbonyl (C=O) groups excluding carboxylic acids is 1. The lowest BCUT2D eigenvalue weighted by atomic mass is 10.2. The van der Waals surface area contributed by atoms with Gasteiger partial charge in [-0.2, -0.15) is 0 Å². The summed E-state index contributed by atoms with van der Waals surface area (Å²) in [5.41, 5.74) is 1.16. The number of hydrogen-bond donors (Lipinski definition) is 1. The first-order chi connectivity index (χ1) is 9.68. The smallest absolute Gasteiger partial charge is 0.243 e. The number of carbonyl (C=O) groups is 1. The fourth-order valence-corrected chi connectivity index (χ4v) is 3.39. The maximum Gasteiger partial charge on any atom is 0.243 e. The summed E-state index contributed by atoms with van der Waals surface area (Å²) >= 11 is 5.96. The van der Waals surface area contributed by atoms with Crippen LogP contribution < -0.4 is 9.62 Å². The van der Waals surface area contributed by atoms with Crippen molar-refractivity contribution in [3.8, 4) is 0 Å². The molecule has 0 bridgehead atoms. The van der Waals surface area contributed by atoms with Crippen LogP contribution in [-0.4, -0.2) is 33.2 Å². The lowest BCUT2D eigenvalue weighted by Crippen LogP contribution is -2.48. The van der Waals surface area contributed by atoms with Crippen LogP contribution in [0.2, 0.25) is 5.02 Å². The van der Waals surface area contributed by atoms with Crippen molar-refractivity contribution >= 4 is 33.2 Å². The molecule has 0 aliphatic rings. The zero-order chi connectivity index (χ0) is 16.2. The van der Waals surface area contributed by atoms with Gasteiger partial charge in [-0.1, -0.05) is 24.6 Å². The van der Waals surface area contributed by atoms with E-state index in [9.17, 15) is 13.2 Å². The number of nitrogens with zero attached hydrogens (tertiary/aromatic N) is 1. The highest BCUT2D eigenvalue weighted by Crippen LogP contribution is 2.28. The first kappa shape index (κ1) is 17.8. The first-order valence-electron chi connectivity index (χ1n) is 6.71. The number of aryl methyl sites for hydroxylation is 1.